The van der Waals surface area contributed by atoms with E-state index in [0.717, 1.165) is 16.7 Å². The average Bonchev–Trinajstić information content (AvgIpc) is 2.95. The first kappa shape index (κ1) is 43.1. The van der Waals surface area contributed by atoms with Gasteiger partial charge in [0.25, 0.3) is 0 Å². The molecule has 0 radical (unpaired) electrons. The van der Waals surface area contributed by atoms with E-state index < -0.39 is 17.8 Å². The van der Waals surface area contributed by atoms with Gasteiger partial charge in [-0.05, 0) is 114 Å². The summed E-state index contributed by atoms with van der Waals surface area (Å²) < 4.78 is 0. The van der Waals surface area contributed by atoms with Crippen LogP contribution in [0, 0.1) is 17.8 Å². The Morgan fingerprint density at radius 2 is 0.543 bits per heavy atom. The predicted molar refractivity (Wildman–Crippen MR) is 180 cm³/mol. The standard InChI is InChI=1S/3C12H13ClO2.Fe/c3*1-8(14)12(9(2)15)7-10-3-5-11(13)6-4-10;/h3*3-6,12H,7H2,1-2H3;. The number of rotatable bonds is 12. The molecule has 248 valence electrons. The van der Waals surface area contributed by atoms with Crippen molar-refractivity contribution >= 4 is 69.5 Å². The molecule has 0 saturated heterocycles. The first-order valence-electron chi connectivity index (χ1n) is 14.3. The van der Waals surface area contributed by atoms with Crippen LogP contribution in [0.2, 0.25) is 15.1 Å². The molecule has 0 aliphatic carbocycles. The largest absolute Gasteiger partial charge is 0.299 e. The van der Waals surface area contributed by atoms with Gasteiger partial charge in [0.15, 0.2) is 0 Å². The molecule has 0 aliphatic heterocycles. The minimum Gasteiger partial charge on any atom is -0.299 e. The average molecular weight is 730 g/mol. The Bertz CT molecular complexity index is 1250. The van der Waals surface area contributed by atoms with Gasteiger partial charge in [-0.3, -0.25) is 28.8 Å². The van der Waals surface area contributed by atoms with E-state index in [1.807, 2.05) is 36.4 Å². The number of carbonyl (C=O) groups excluding carboxylic acids is 6. The molecular weight excluding hydrogens is 691 g/mol. The minimum atomic E-state index is -0.522. The van der Waals surface area contributed by atoms with E-state index in [9.17, 15) is 28.8 Å². The van der Waals surface area contributed by atoms with Crippen LogP contribution in [-0.2, 0) is 65.1 Å². The van der Waals surface area contributed by atoms with E-state index in [2.05, 4.69) is 0 Å². The van der Waals surface area contributed by atoms with Crippen molar-refractivity contribution in [1.82, 2.24) is 0 Å². The van der Waals surface area contributed by atoms with Crippen LogP contribution >= 0.6 is 34.8 Å². The SMILES string of the molecule is CC(=O)C(Cc1ccc(Cl)cc1)C(C)=O.CC(=O)C(Cc1ccc(Cl)cc1)C(C)=O.CC(=O)C(Cc1ccc(Cl)cc1)C(C)=O.[Fe]. The number of carbonyl (C=O) groups is 6. The van der Waals surface area contributed by atoms with Gasteiger partial charge in [-0.2, -0.15) is 0 Å². The zero-order chi connectivity index (χ0) is 34.3. The number of hydrogen-bond acceptors (Lipinski definition) is 6. The smallest absolute Gasteiger partial charge is 0.140 e. The molecule has 0 bridgehead atoms. The molecule has 46 heavy (non-hydrogen) atoms. The summed E-state index contributed by atoms with van der Waals surface area (Å²) in [6.07, 6.45) is 1.38. The van der Waals surface area contributed by atoms with Crippen molar-refractivity contribution in [1.29, 1.82) is 0 Å². The van der Waals surface area contributed by atoms with Gasteiger partial charge in [-0.15, -0.1) is 0 Å². The van der Waals surface area contributed by atoms with Gasteiger partial charge >= 0.3 is 0 Å². The van der Waals surface area contributed by atoms with E-state index in [1.165, 1.54) is 41.5 Å². The molecule has 0 aliphatic rings. The van der Waals surface area contributed by atoms with Crippen molar-refractivity contribution in [3.8, 4) is 0 Å². The molecule has 0 heterocycles. The Morgan fingerprint density at radius 1 is 0.391 bits per heavy atom. The van der Waals surface area contributed by atoms with Gasteiger partial charge in [0.2, 0.25) is 0 Å². The first-order valence-corrected chi connectivity index (χ1v) is 15.4. The fourth-order valence-corrected chi connectivity index (χ4v) is 4.67. The van der Waals surface area contributed by atoms with Gasteiger partial charge in [-0.25, -0.2) is 0 Å². The van der Waals surface area contributed by atoms with Crippen LogP contribution in [0.4, 0.5) is 0 Å². The van der Waals surface area contributed by atoms with Crippen molar-refractivity contribution in [3.63, 3.8) is 0 Å². The maximum absolute atomic E-state index is 11.2. The van der Waals surface area contributed by atoms with Crippen LogP contribution in [0.3, 0.4) is 0 Å². The third-order valence-corrected chi connectivity index (χ3v) is 7.76. The topological polar surface area (TPSA) is 102 Å². The van der Waals surface area contributed by atoms with Crippen LogP contribution in [0.25, 0.3) is 0 Å². The zero-order valence-electron chi connectivity index (χ0n) is 26.7. The Labute approximate surface area is 297 Å². The normalized spacial score (nSPS) is 10.2. The van der Waals surface area contributed by atoms with Crippen LogP contribution in [0.15, 0.2) is 72.8 Å². The summed E-state index contributed by atoms with van der Waals surface area (Å²) in [6, 6.07) is 21.6. The maximum Gasteiger partial charge on any atom is 0.140 e. The molecule has 0 N–H and O–H groups in total. The van der Waals surface area contributed by atoms with Crippen LogP contribution in [0.1, 0.15) is 58.2 Å². The fourth-order valence-electron chi connectivity index (χ4n) is 4.29. The molecule has 0 amide bonds. The third-order valence-electron chi connectivity index (χ3n) is 7.00. The zero-order valence-corrected chi connectivity index (χ0v) is 30.1. The summed E-state index contributed by atoms with van der Waals surface area (Å²) >= 11 is 17.2. The molecule has 6 nitrogen and oxygen atoms in total. The summed E-state index contributed by atoms with van der Waals surface area (Å²) in [7, 11) is 0. The molecule has 0 spiro atoms. The van der Waals surface area contributed by atoms with Crippen molar-refractivity contribution in [3.05, 3.63) is 105 Å². The van der Waals surface area contributed by atoms with Gasteiger partial charge in [0, 0.05) is 32.1 Å². The summed E-state index contributed by atoms with van der Waals surface area (Å²) in [5, 5.41) is 1.96. The molecule has 0 saturated carbocycles. The van der Waals surface area contributed by atoms with Crippen LogP contribution in [0.5, 0.6) is 0 Å². The predicted octanol–water partition coefficient (Wildman–Crippen LogP) is 8.03. The van der Waals surface area contributed by atoms with Gasteiger partial charge in [0.1, 0.15) is 34.7 Å². The van der Waals surface area contributed by atoms with E-state index in [4.69, 9.17) is 34.8 Å². The number of benzene rings is 3. The second-order valence-electron chi connectivity index (χ2n) is 10.8. The second-order valence-corrected chi connectivity index (χ2v) is 12.1. The quantitative estimate of drug-likeness (QED) is 0.138. The molecule has 0 aromatic heterocycles. The molecule has 3 rings (SSSR count). The summed E-state index contributed by atoms with van der Waals surface area (Å²) in [5.41, 5.74) is 2.86. The van der Waals surface area contributed by atoms with Crippen molar-refractivity contribution in [2.24, 2.45) is 17.8 Å². The summed E-state index contributed by atoms with van der Waals surface area (Å²) in [6.45, 7) is 8.68. The van der Waals surface area contributed by atoms with Crippen molar-refractivity contribution < 1.29 is 45.8 Å². The Kier molecular flexibility index (Phi) is 20.4. The Hall–Kier alpha value is -2.93. The third kappa shape index (κ3) is 16.6. The Morgan fingerprint density at radius 3 is 0.674 bits per heavy atom. The second kappa shape index (κ2) is 21.8. The van der Waals surface area contributed by atoms with Crippen LogP contribution in [-0.4, -0.2) is 34.7 Å². The van der Waals surface area contributed by atoms with E-state index in [1.54, 1.807) is 36.4 Å². The van der Waals surface area contributed by atoms with Gasteiger partial charge in [-0.1, -0.05) is 71.2 Å². The number of hydrogen-bond donors (Lipinski definition) is 0. The van der Waals surface area contributed by atoms with Gasteiger partial charge in [0.05, 0.1) is 17.8 Å². The molecule has 0 atom stereocenters. The van der Waals surface area contributed by atoms with E-state index in [0.29, 0.717) is 34.3 Å². The number of ketones is 6. The van der Waals surface area contributed by atoms with Crippen molar-refractivity contribution in [2.45, 2.75) is 60.8 Å². The Balaban J connectivity index is 0.000000653. The molecule has 3 aromatic carbocycles. The maximum atomic E-state index is 11.2. The first-order chi connectivity index (χ1) is 21.0. The fraction of sp³-hybridized carbons (Fsp3) is 0.333. The van der Waals surface area contributed by atoms with Crippen LogP contribution < -0.4 is 0 Å². The van der Waals surface area contributed by atoms with E-state index >= 15 is 0 Å². The molecule has 10 heteroatoms. The molecular formula is C36H39Cl3FeO6. The van der Waals surface area contributed by atoms with Gasteiger partial charge < -0.3 is 0 Å². The molecule has 0 unspecified atom stereocenters. The molecule has 3 aromatic rings. The number of Topliss-reactive ketones (excluding diaryl/α,β-unsaturated/α-hetero) is 6. The van der Waals surface area contributed by atoms with E-state index in [-0.39, 0.29) is 51.8 Å². The molecule has 0 fully saturated rings. The van der Waals surface area contributed by atoms with Crippen molar-refractivity contribution in [2.75, 3.05) is 0 Å². The number of halogens is 3. The summed E-state index contributed by atoms with van der Waals surface area (Å²) in [4.78, 5) is 67.3. The monoisotopic (exact) mass is 728 g/mol. The minimum absolute atomic E-state index is 0. The summed E-state index contributed by atoms with van der Waals surface area (Å²) in [5.74, 6) is -2.08.